The number of rotatable bonds is 1. The highest BCUT2D eigenvalue weighted by Gasteiger charge is 2.00. The Hall–Kier alpha value is -1.45. The van der Waals surface area contributed by atoms with Crippen LogP contribution >= 0.6 is 0 Å². The minimum Gasteiger partial charge on any atom is -0.322 e. The minimum absolute atomic E-state index is 0.354. The summed E-state index contributed by atoms with van der Waals surface area (Å²) in [6, 6.07) is 0. The van der Waals surface area contributed by atoms with Gasteiger partial charge >= 0.3 is 5.97 Å². The van der Waals surface area contributed by atoms with Crippen molar-refractivity contribution in [1.82, 2.24) is 10.6 Å². The molecule has 0 aliphatic carbocycles. The zero-order valence-corrected chi connectivity index (χ0v) is 5.57. The zero-order valence-electron chi connectivity index (χ0n) is 5.57. The van der Waals surface area contributed by atoms with Gasteiger partial charge in [0.05, 0.1) is 6.20 Å². The van der Waals surface area contributed by atoms with Gasteiger partial charge < -0.3 is 4.84 Å². The quantitative estimate of drug-likeness (QED) is 0.569. The van der Waals surface area contributed by atoms with Gasteiger partial charge in [-0.2, -0.15) is 0 Å². The number of hydrogen-bond acceptors (Lipinski definition) is 4. The highest BCUT2D eigenvalue weighted by Crippen LogP contribution is 1.93. The standard InChI is InChI=1S/C6H8N2O2/c1-6(9)10-8-5-3-2-4-7-8/h2-5,7H,1H3. The fraction of sp³-hybridized carbons (Fsp3) is 0.167. The fourth-order valence-corrected chi connectivity index (χ4v) is 0.538. The molecular weight excluding hydrogens is 132 g/mol. The van der Waals surface area contributed by atoms with E-state index in [4.69, 9.17) is 0 Å². The van der Waals surface area contributed by atoms with Crippen molar-refractivity contribution < 1.29 is 9.63 Å². The number of allylic oxidation sites excluding steroid dienone is 2. The van der Waals surface area contributed by atoms with Crippen molar-refractivity contribution in [2.45, 2.75) is 6.92 Å². The molecule has 4 nitrogen and oxygen atoms in total. The molecule has 1 heterocycles. The van der Waals surface area contributed by atoms with Crippen LogP contribution in [-0.4, -0.2) is 11.1 Å². The van der Waals surface area contributed by atoms with E-state index in [0.717, 1.165) is 0 Å². The Balaban J connectivity index is 2.37. The Bertz CT molecular complexity index is 186. The van der Waals surface area contributed by atoms with Crippen molar-refractivity contribution in [2.75, 3.05) is 0 Å². The van der Waals surface area contributed by atoms with Crippen LogP contribution in [0.2, 0.25) is 0 Å². The molecule has 0 atom stereocenters. The zero-order chi connectivity index (χ0) is 7.40. The summed E-state index contributed by atoms with van der Waals surface area (Å²) in [7, 11) is 0. The summed E-state index contributed by atoms with van der Waals surface area (Å²) in [5.74, 6) is -0.354. The van der Waals surface area contributed by atoms with Gasteiger partial charge in [-0.25, -0.2) is 4.79 Å². The fourth-order valence-electron chi connectivity index (χ4n) is 0.538. The van der Waals surface area contributed by atoms with Crippen LogP contribution in [0.3, 0.4) is 0 Å². The number of hydroxylamine groups is 1. The van der Waals surface area contributed by atoms with E-state index in [1.165, 1.54) is 12.1 Å². The molecule has 0 unspecified atom stereocenters. The van der Waals surface area contributed by atoms with Gasteiger partial charge in [-0.3, -0.25) is 5.43 Å². The lowest BCUT2D eigenvalue weighted by Gasteiger charge is -2.18. The molecule has 4 heteroatoms. The van der Waals surface area contributed by atoms with Gasteiger partial charge in [0.2, 0.25) is 0 Å². The maximum absolute atomic E-state index is 10.4. The van der Waals surface area contributed by atoms with E-state index in [2.05, 4.69) is 10.3 Å². The Morgan fingerprint density at radius 2 is 2.40 bits per heavy atom. The largest absolute Gasteiger partial charge is 0.331 e. The first-order valence-electron chi connectivity index (χ1n) is 2.86. The molecule has 0 aromatic rings. The summed E-state index contributed by atoms with van der Waals surface area (Å²) in [6.07, 6.45) is 6.80. The summed E-state index contributed by atoms with van der Waals surface area (Å²) < 4.78 is 0. The molecule has 1 aliphatic rings. The lowest BCUT2D eigenvalue weighted by Crippen LogP contribution is -2.32. The van der Waals surface area contributed by atoms with Gasteiger partial charge in [0.15, 0.2) is 0 Å². The van der Waals surface area contributed by atoms with Crippen molar-refractivity contribution in [3.63, 3.8) is 0 Å². The SMILES string of the molecule is CC(=O)ON1C=CC=CN1. The molecule has 1 aliphatic heterocycles. The summed E-state index contributed by atoms with van der Waals surface area (Å²) in [4.78, 5) is 15.0. The van der Waals surface area contributed by atoms with Crippen molar-refractivity contribution >= 4 is 5.97 Å². The molecule has 0 aromatic heterocycles. The van der Waals surface area contributed by atoms with Crippen LogP contribution in [0.15, 0.2) is 24.6 Å². The first kappa shape index (κ1) is 6.67. The maximum atomic E-state index is 10.4. The lowest BCUT2D eigenvalue weighted by molar-refractivity contribution is -0.184. The molecule has 1 N–H and O–H groups in total. The molecule has 0 aromatic carbocycles. The van der Waals surface area contributed by atoms with Gasteiger partial charge in [0.25, 0.3) is 0 Å². The maximum Gasteiger partial charge on any atom is 0.331 e. The Morgan fingerprint density at radius 3 is 2.90 bits per heavy atom. The summed E-state index contributed by atoms with van der Waals surface area (Å²) >= 11 is 0. The number of hydrogen-bond donors (Lipinski definition) is 1. The van der Waals surface area contributed by atoms with Crippen molar-refractivity contribution in [2.24, 2.45) is 0 Å². The molecule has 0 spiro atoms. The average molecular weight is 140 g/mol. The Kier molecular flexibility index (Phi) is 1.94. The average Bonchev–Trinajstić information content (AvgIpc) is 1.88. The molecule has 10 heavy (non-hydrogen) atoms. The third-order valence-electron chi connectivity index (χ3n) is 0.857. The third kappa shape index (κ3) is 1.81. The number of nitrogens with zero attached hydrogens (tertiary/aromatic N) is 1. The second kappa shape index (κ2) is 2.91. The molecule has 0 saturated heterocycles. The molecule has 54 valence electrons. The van der Waals surface area contributed by atoms with Crippen molar-refractivity contribution in [1.29, 1.82) is 0 Å². The number of carbonyl (C=O) groups is 1. The second-order valence-electron chi connectivity index (χ2n) is 1.74. The highest BCUT2D eigenvalue weighted by atomic mass is 16.7. The van der Waals surface area contributed by atoms with E-state index in [1.54, 1.807) is 24.6 Å². The van der Waals surface area contributed by atoms with Gasteiger partial charge in [-0.15, -0.1) is 5.17 Å². The third-order valence-corrected chi connectivity index (χ3v) is 0.857. The van der Waals surface area contributed by atoms with Crippen LogP contribution in [0.1, 0.15) is 6.92 Å². The molecule has 0 radical (unpaired) electrons. The first-order chi connectivity index (χ1) is 4.79. The van der Waals surface area contributed by atoms with Crippen LogP contribution in [0.4, 0.5) is 0 Å². The van der Waals surface area contributed by atoms with Crippen LogP contribution in [0.5, 0.6) is 0 Å². The van der Waals surface area contributed by atoms with E-state index >= 15 is 0 Å². The lowest BCUT2D eigenvalue weighted by atomic mass is 10.5. The van der Waals surface area contributed by atoms with Gasteiger partial charge in [-0.05, 0) is 12.2 Å². The van der Waals surface area contributed by atoms with Crippen LogP contribution in [0, 0.1) is 0 Å². The Morgan fingerprint density at radius 1 is 1.60 bits per heavy atom. The molecule has 0 amide bonds. The van der Waals surface area contributed by atoms with Gasteiger partial charge in [0.1, 0.15) is 0 Å². The summed E-state index contributed by atoms with van der Waals surface area (Å²) in [6.45, 7) is 1.34. The normalized spacial score (nSPS) is 14.7. The molecule has 0 saturated carbocycles. The first-order valence-corrected chi connectivity index (χ1v) is 2.86. The summed E-state index contributed by atoms with van der Waals surface area (Å²) in [5.41, 5.74) is 2.67. The number of carbonyl (C=O) groups excluding carboxylic acids is 1. The van der Waals surface area contributed by atoms with E-state index in [-0.39, 0.29) is 5.97 Å². The molecule has 0 bridgehead atoms. The molecule has 1 rings (SSSR count). The molecule has 0 fully saturated rings. The monoisotopic (exact) mass is 140 g/mol. The van der Waals surface area contributed by atoms with Crippen LogP contribution < -0.4 is 5.43 Å². The molecular formula is C6H8N2O2. The van der Waals surface area contributed by atoms with E-state index in [9.17, 15) is 4.79 Å². The smallest absolute Gasteiger partial charge is 0.322 e. The van der Waals surface area contributed by atoms with Crippen LogP contribution in [0.25, 0.3) is 0 Å². The predicted octanol–water partition coefficient (Wildman–Crippen LogP) is 0.312. The highest BCUT2D eigenvalue weighted by molar-refractivity contribution is 5.65. The van der Waals surface area contributed by atoms with Gasteiger partial charge in [0, 0.05) is 13.1 Å². The van der Waals surface area contributed by atoms with E-state index < -0.39 is 0 Å². The van der Waals surface area contributed by atoms with Gasteiger partial charge in [-0.1, -0.05) is 0 Å². The van der Waals surface area contributed by atoms with E-state index in [0.29, 0.717) is 0 Å². The second-order valence-corrected chi connectivity index (χ2v) is 1.74. The van der Waals surface area contributed by atoms with Crippen molar-refractivity contribution in [3.05, 3.63) is 24.6 Å². The number of nitrogens with one attached hydrogen (secondary N) is 1. The van der Waals surface area contributed by atoms with Crippen LogP contribution in [-0.2, 0) is 9.63 Å². The van der Waals surface area contributed by atoms with E-state index in [1.807, 2.05) is 0 Å². The summed E-state index contributed by atoms with van der Waals surface area (Å²) in [5, 5.41) is 1.22. The topological polar surface area (TPSA) is 41.6 Å². The number of hydrazine groups is 1. The predicted molar refractivity (Wildman–Crippen MR) is 35.0 cm³/mol. The van der Waals surface area contributed by atoms with Crippen molar-refractivity contribution in [3.8, 4) is 0 Å². The Labute approximate surface area is 58.7 Å². The minimum atomic E-state index is -0.354.